The zero-order valence-corrected chi connectivity index (χ0v) is 17.0. The number of carbonyl (C=O) groups is 2. The molecule has 1 saturated heterocycles. The highest BCUT2D eigenvalue weighted by molar-refractivity contribution is 6.05. The number of benzene rings is 1. The molecule has 154 valence electrons. The van der Waals surface area contributed by atoms with Crippen LogP contribution in [0.25, 0.3) is 10.9 Å². The van der Waals surface area contributed by atoms with Gasteiger partial charge < -0.3 is 14.5 Å². The van der Waals surface area contributed by atoms with Gasteiger partial charge in [0.15, 0.2) is 0 Å². The number of hydrogen-bond donors (Lipinski definition) is 0. The second-order valence-electron chi connectivity index (χ2n) is 7.13. The highest BCUT2D eigenvalue weighted by Crippen LogP contribution is 2.31. The number of para-hydroxylation sites is 1. The summed E-state index contributed by atoms with van der Waals surface area (Å²) in [6, 6.07) is 11.3. The fourth-order valence-electron chi connectivity index (χ4n) is 3.85. The van der Waals surface area contributed by atoms with Crippen LogP contribution in [-0.4, -0.2) is 59.5 Å². The normalized spacial score (nSPS) is 14.4. The standard InChI is InChI=1S/C23H24N4O3/c1-2-30-23(29)19-16-25-20-7-4-3-6-18(20)21(19)26-12-5-13-27(15-14-26)22(28)17-8-10-24-11-9-17/h3-4,6-11,16H,2,5,12-15H2,1H3. The van der Waals surface area contributed by atoms with Crippen LogP contribution in [0.3, 0.4) is 0 Å². The average Bonchev–Trinajstić information content (AvgIpc) is 3.04. The van der Waals surface area contributed by atoms with Crippen LogP contribution < -0.4 is 4.90 Å². The van der Waals surface area contributed by atoms with Crippen molar-refractivity contribution >= 4 is 28.5 Å². The van der Waals surface area contributed by atoms with Crippen molar-refractivity contribution in [3.8, 4) is 0 Å². The maximum atomic E-state index is 12.9. The lowest BCUT2D eigenvalue weighted by atomic mass is 10.1. The smallest absolute Gasteiger partial charge is 0.341 e. The third kappa shape index (κ3) is 3.96. The first-order valence-electron chi connectivity index (χ1n) is 10.2. The molecule has 1 aromatic carbocycles. The van der Waals surface area contributed by atoms with Gasteiger partial charge in [-0.25, -0.2) is 4.79 Å². The van der Waals surface area contributed by atoms with Crippen LogP contribution in [0.15, 0.2) is 55.0 Å². The summed E-state index contributed by atoms with van der Waals surface area (Å²) in [7, 11) is 0. The van der Waals surface area contributed by atoms with E-state index >= 15 is 0 Å². The van der Waals surface area contributed by atoms with Gasteiger partial charge in [0.1, 0.15) is 5.56 Å². The Morgan fingerprint density at radius 1 is 1.03 bits per heavy atom. The molecule has 1 fully saturated rings. The number of nitrogens with zero attached hydrogens (tertiary/aromatic N) is 4. The third-order valence-corrected chi connectivity index (χ3v) is 5.27. The van der Waals surface area contributed by atoms with E-state index in [2.05, 4.69) is 14.9 Å². The minimum Gasteiger partial charge on any atom is -0.462 e. The van der Waals surface area contributed by atoms with Crippen LogP contribution in [0, 0.1) is 0 Å². The SMILES string of the molecule is CCOC(=O)c1cnc2ccccc2c1N1CCCN(C(=O)c2ccncc2)CC1. The largest absolute Gasteiger partial charge is 0.462 e. The van der Waals surface area contributed by atoms with Crippen molar-refractivity contribution in [3.05, 3.63) is 66.1 Å². The number of rotatable bonds is 4. The zero-order valence-electron chi connectivity index (χ0n) is 17.0. The van der Waals surface area contributed by atoms with Crippen LogP contribution in [0.5, 0.6) is 0 Å². The molecule has 3 aromatic rings. The molecule has 1 amide bonds. The molecule has 0 radical (unpaired) electrons. The van der Waals surface area contributed by atoms with Crippen LogP contribution in [0.2, 0.25) is 0 Å². The van der Waals surface area contributed by atoms with Gasteiger partial charge in [-0.15, -0.1) is 0 Å². The molecule has 0 spiro atoms. The van der Waals surface area contributed by atoms with Crippen molar-refractivity contribution in [3.63, 3.8) is 0 Å². The Labute approximate surface area is 175 Å². The highest BCUT2D eigenvalue weighted by Gasteiger charge is 2.25. The van der Waals surface area contributed by atoms with Crippen LogP contribution >= 0.6 is 0 Å². The predicted octanol–water partition coefficient (Wildman–Crippen LogP) is 3.16. The summed E-state index contributed by atoms with van der Waals surface area (Å²) in [5.74, 6) is -0.371. The van der Waals surface area contributed by atoms with Crippen LogP contribution in [-0.2, 0) is 4.74 Å². The Bertz CT molecular complexity index is 1050. The number of hydrogen-bond acceptors (Lipinski definition) is 6. The average molecular weight is 404 g/mol. The fraction of sp³-hybridized carbons (Fsp3) is 0.304. The van der Waals surface area contributed by atoms with Gasteiger partial charge in [-0.1, -0.05) is 18.2 Å². The highest BCUT2D eigenvalue weighted by atomic mass is 16.5. The molecule has 7 heteroatoms. The summed E-state index contributed by atoms with van der Waals surface area (Å²) < 4.78 is 5.28. The summed E-state index contributed by atoms with van der Waals surface area (Å²) >= 11 is 0. The van der Waals surface area contributed by atoms with E-state index in [0.29, 0.717) is 37.4 Å². The van der Waals surface area contributed by atoms with Crippen LogP contribution in [0.4, 0.5) is 5.69 Å². The van der Waals surface area contributed by atoms with E-state index in [0.717, 1.165) is 29.6 Å². The molecule has 1 aliphatic rings. The van der Waals surface area contributed by atoms with Crippen molar-refractivity contribution in [1.82, 2.24) is 14.9 Å². The first kappa shape index (κ1) is 19.8. The molecule has 0 atom stereocenters. The van der Waals surface area contributed by atoms with Gasteiger partial charge in [0.25, 0.3) is 5.91 Å². The van der Waals surface area contributed by atoms with Gasteiger partial charge in [0.05, 0.1) is 17.8 Å². The van der Waals surface area contributed by atoms with Crippen molar-refractivity contribution in [2.24, 2.45) is 0 Å². The monoisotopic (exact) mass is 404 g/mol. The maximum Gasteiger partial charge on any atom is 0.341 e. The number of anilines is 1. The van der Waals surface area contributed by atoms with Gasteiger partial charge in [-0.2, -0.15) is 0 Å². The number of carbonyl (C=O) groups excluding carboxylic acids is 2. The summed E-state index contributed by atoms with van der Waals surface area (Å²) in [6.07, 6.45) is 5.66. The number of pyridine rings is 2. The number of ether oxygens (including phenoxy) is 1. The Morgan fingerprint density at radius 2 is 1.83 bits per heavy atom. The van der Waals surface area contributed by atoms with E-state index in [1.807, 2.05) is 29.2 Å². The molecule has 30 heavy (non-hydrogen) atoms. The molecule has 0 aliphatic carbocycles. The molecule has 2 aromatic heterocycles. The number of aromatic nitrogens is 2. The van der Waals surface area contributed by atoms with Crippen LogP contribution in [0.1, 0.15) is 34.1 Å². The van der Waals surface area contributed by atoms with Gasteiger partial charge >= 0.3 is 5.97 Å². The van der Waals surface area contributed by atoms with E-state index in [1.165, 1.54) is 0 Å². The molecule has 0 unspecified atom stereocenters. The van der Waals surface area contributed by atoms with Gasteiger partial charge in [0, 0.05) is 55.7 Å². The van der Waals surface area contributed by atoms with E-state index in [1.54, 1.807) is 37.6 Å². The summed E-state index contributed by atoms with van der Waals surface area (Å²) in [4.78, 5) is 38.0. The first-order chi connectivity index (χ1) is 14.7. The first-order valence-corrected chi connectivity index (χ1v) is 10.2. The topological polar surface area (TPSA) is 75.6 Å². The summed E-state index contributed by atoms with van der Waals surface area (Å²) in [6.45, 7) is 4.69. The lowest BCUT2D eigenvalue weighted by molar-refractivity contribution is 0.0526. The lowest BCUT2D eigenvalue weighted by Gasteiger charge is -2.26. The second kappa shape index (κ2) is 8.90. The van der Waals surface area contributed by atoms with Crippen molar-refractivity contribution in [1.29, 1.82) is 0 Å². The fourth-order valence-corrected chi connectivity index (χ4v) is 3.85. The second-order valence-corrected chi connectivity index (χ2v) is 7.13. The van der Waals surface area contributed by atoms with Crippen molar-refractivity contribution in [2.75, 3.05) is 37.7 Å². The molecule has 1 aliphatic heterocycles. The molecular formula is C23H24N4O3. The number of esters is 1. The Hall–Kier alpha value is -3.48. The summed E-state index contributed by atoms with van der Waals surface area (Å²) in [5.41, 5.74) is 2.76. The minimum absolute atomic E-state index is 0.00412. The Balaban J connectivity index is 1.64. The molecule has 7 nitrogen and oxygen atoms in total. The quantitative estimate of drug-likeness (QED) is 0.622. The minimum atomic E-state index is -0.375. The lowest BCUT2D eigenvalue weighted by Crippen LogP contribution is -2.35. The molecule has 3 heterocycles. The predicted molar refractivity (Wildman–Crippen MR) is 115 cm³/mol. The van der Waals surface area contributed by atoms with Crippen molar-refractivity contribution < 1.29 is 14.3 Å². The van der Waals surface area contributed by atoms with Crippen molar-refractivity contribution in [2.45, 2.75) is 13.3 Å². The van der Waals surface area contributed by atoms with Gasteiger partial charge in [0.2, 0.25) is 0 Å². The third-order valence-electron chi connectivity index (χ3n) is 5.27. The zero-order chi connectivity index (χ0) is 20.9. The summed E-state index contributed by atoms with van der Waals surface area (Å²) in [5, 5.41) is 0.914. The van der Waals surface area contributed by atoms with E-state index < -0.39 is 0 Å². The number of amides is 1. The number of fused-ring (bicyclic) bond motifs is 1. The molecular weight excluding hydrogens is 380 g/mol. The molecule has 0 saturated carbocycles. The Kier molecular flexibility index (Phi) is 5.88. The van der Waals surface area contributed by atoms with Gasteiger partial charge in [-0.05, 0) is 31.5 Å². The van der Waals surface area contributed by atoms with E-state index in [9.17, 15) is 9.59 Å². The van der Waals surface area contributed by atoms with E-state index in [-0.39, 0.29) is 11.9 Å². The van der Waals surface area contributed by atoms with Gasteiger partial charge in [-0.3, -0.25) is 14.8 Å². The molecule has 0 N–H and O–H groups in total. The van der Waals surface area contributed by atoms with E-state index in [4.69, 9.17) is 4.74 Å². The molecule has 4 rings (SSSR count). The Morgan fingerprint density at radius 3 is 2.63 bits per heavy atom. The molecule has 0 bridgehead atoms. The maximum absolute atomic E-state index is 12.9.